The van der Waals surface area contributed by atoms with E-state index in [0.29, 0.717) is 18.2 Å². The molecule has 0 aliphatic heterocycles. The average Bonchev–Trinajstić information content (AvgIpc) is 2.29. The highest BCUT2D eigenvalue weighted by atomic mass is 16.5. The summed E-state index contributed by atoms with van der Waals surface area (Å²) in [5.41, 5.74) is 0. The quantitative estimate of drug-likeness (QED) is 0.680. The van der Waals surface area contributed by atoms with Crippen molar-refractivity contribution in [3.8, 4) is 0 Å². The van der Waals surface area contributed by atoms with Crippen molar-refractivity contribution in [1.82, 2.24) is 5.32 Å². The Morgan fingerprint density at radius 3 is 2.44 bits per heavy atom. The fourth-order valence-electron chi connectivity index (χ4n) is 2.20. The maximum Gasteiger partial charge on any atom is 0.0572 e. The molecular weight excluding hydrogens is 202 g/mol. The highest BCUT2D eigenvalue weighted by Crippen LogP contribution is 2.20. The van der Waals surface area contributed by atoms with E-state index in [0.717, 1.165) is 19.6 Å². The van der Waals surface area contributed by atoms with E-state index in [1.165, 1.54) is 25.7 Å². The fourth-order valence-corrected chi connectivity index (χ4v) is 2.20. The lowest BCUT2D eigenvalue weighted by Crippen LogP contribution is -2.36. The smallest absolute Gasteiger partial charge is 0.0572 e. The van der Waals surface area contributed by atoms with E-state index in [9.17, 15) is 0 Å². The summed E-state index contributed by atoms with van der Waals surface area (Å²) in [6, 6.07) is 0.699. The van der Waals surface area contributed by atoms with E-state index < -0.39 is 0 Å². The first-order chi connectivity index (χ1) is 7.72. The van der Waals surface area contributed by atoms with Crippen LogP contribution in [0.3, 0.4) is 0 Å². The molecule has 1 aliphatic carbocycles. The second kappa shape index (κ2) is 8.04. The van der Waals surface area contributed by atoms with Crippen LogP contribution in [0.4, 0.5) is 0 Å². The summed E-state index contributed by atoms with van der Waals surface area (Å²) in [6.45, 7) is 6.12. The lowest BCUT2D eigenvalue weighted by molar-refractivity contribution is 0.0601. The molecule has 1 saturated carbocycles. The third-order valence-corrected chi connectivity index (χ3v) is 3.21. The van der Waals surface area contributed by atoms with Gasteiger partial charge in [0.05, 0.1) is 12.2 Å². The number of hydrogen-bond donors (Lipinski definition) is 1. The van der Waals surface area contributed by atoms with Crippen LogP contribution in [0.5, 0.6) is 0 Å². The van der Waals surface area contributed by atoms with Gasteiger partial charge >= 0.3 is 0 Å². The first-order valence-electron chi connectivity index (χ1n) is 6.60. The van der Waals surface area contributed by atoms with Gasteiger partial charge in [-0.05, 0) is 52.5 Å². The van der Waals surface area contributed by atoms with E-state index in [1.807, 2.05) is 7.11 Å². The molecule has 0 heterocycles. The van der Waals surface area contributed by atoms with E-state index in [-0.39, 0.29) is 0 Å². The average molecular weight is 229 g/mol. The normalized spacial score (nSPS) is 26.2. The van der Waals surface area contributed by atoms with Crippen molar-refractivity contribution < 1.29 is 9.47 Å². The molecule has 3 heteroatoms. The summed E-state index contributed by atoms with van der Waals surface area (Å²) in [5, 5.41) is 3.60. The Morgan fingerprint density at radius 1 is 1.19 bits per heavy atom. The second-order valence-electron chi connectivity index (χ2n) is 4.94. The Labute approximate surface area is 99.9 Å². The fraction of sp³-hybridized carbons (Fsp3) is 1.00. The molecule has 0 unspecified atom stereocenters. The van der Waals surface area contributed by atoms with Crippen molar-refractivity contribution in [2.45, 2.75) is 64.2 Å². The van der Waals surface area contributed by atoms with E-state index in [2.05, 4.69) is 19.2 Å². The topological polar surface area (TPSA) is 30.5 Å². The van der Waals surface area contributed by atoms with Gasteiger partial charge in [0.1, 0.15) is 0 Å². The van der Waals surface area contributed by atoms with E-state index >= 15 is 0 Å². The molecule has 1 aliphatic rings. The van der Waals surface area contributed by atoms with Gasteiger partial charge in [0.15, 0.2) is 0 Å². The van der Waals surface area contributed by atoms with Crippen molar-refractivity contribution in [3.63, 3.8) is 0 Å². The van der Waals surface area contributed by atoms with E-state index in [4.69, 9.17) is 9.47 Å². The Kier molecular flexibility index (Phi) is 7.01. The number of ether oxygens (including phenoxy) is 2. The minimum Gasteiger partial charge on any atom is -0.381 e. The summed E-state index contributed by atoms with van der Waals surface area (Å²) in [6.07, 6.45) is 6.89. The largest absolute Gasteiger partial charge is 0.381 e. The monoisotopic (exact) mass is 229 g/mol. The molecule has 0 atom stereocenters. The minimum absolute atomic E-state index is 0.358. The summed E-state index contributed by atoms with van der Waals surface area (Å²) in [4.78, 5) is 0. The van der Waals surface area contributed by atoms with Gasteiger partial charge < -0.3 is 14.8 Å². The van der Waals surface area contributed by atoms with E-state index in [1.54, 1.807) is 0 Å². The molecule has 3 nitrogen and oxygen atoms in total. The Balaban J connectivity index is 1.94. The molecular formula is C13H27NO2. The third kappa shape index (κ3) is 5.83. The summed E-state index contributed by atoms with van der Waals surface area (Å²) >= 11 is 0. The van der Waals surface area contributed by atoms with Crippen molar-refractivity contribution in [2.24, 2.45) is 0 Å². The van der Waals surface area contributed by atoms with Crippen LogP contribution >= 0.6 is 0 Å². The van der Waals surface area contributed by atoms with Crippen molar-refractivity contribution in [1.29, 1.82) is 0 Å². The molecule has 96 valence electrons. The number of rotatable bonds is 7. The SMILES string of the molecule is COC1CCC(NCCCOC(C)C)CC1. The lowest BCUT2D eigenvalue weighted by Gasteiger charge is -2.28. The highest BCUT2D eigenvalue weighted by Gasteiger charge is 2.19. The van der Waals surface area contributed by atoms with Gasteiger partial charge in [-0.15, -0.1) is 0 Å². The molecule has 0 saturated heterocycles. The van der Waals surface area contributed by atoms with Crippen LogP contribution in [0.2, 0.25) is 0 Å². The molecule has 0 spiro atoms. The third-order valence-electron chi connectivity index (χ3n) is 3.21. The highest BCUT2D eigenvalue weighted by molar-refractivity contribution is 4.77. The number of methoxy groups -OCH3 is 1. The van der Waals surface area contributed by atoms with Crippen LogP contribution in [-0.2, 0) is 9.47 Å². The standard InChI is InChI=1S/C13H27NO2/c1-11(2)16-10-4-9-14-12-5-7-13(15-3)8-6-12/h11-14H,4-10H2,1-3H3. The summed E-state index contributed by atoms with van der Waals surface area (Å²) < 4.78 is 10.9. The van der Waals surface area contributed by atoms with Crippen molar-refractivity contribution in [2.75, 3.05) is 20.3 Å². The van der Waals surface area contributed by atoms with Gasteiger partial charge in [0.2, 0.25) is 0 Å². The van der Waals surface area contributed by atoms with Gasteiger partial charge in [-0.2, -0.15) is 0 Å². The lowest BCUT2D eigenvalue weighted by atomic mass is 9.93. The predicted molar refractivity (Wildman–Crippen MR) is 66.8 cm³/mol. The summed E-state index contributed by atoms with van der Waals surface area (Å²) in [5.74, 6) is 0. The van der Waals surface area contributed by atoms with Crippen LogP contribution in [0.25, 0.3) is 0 Å². The molecule has 1 fully saturated rings. The first-order valence-corrected chi connectivity index (χ1v) is 6.60. The van der Waals surface area contributed by atoms with Crippen LogP contribution in [0.15, 0.2) is 0 Å². The zero-order valence-electron chi connectivity index (χ0n) is 11.0. The number of hydrogen-bond acceptors (Lipinski definition) is 3. The van der Waals surface area contributed by atoms with Crippen LogP contribution in [0.1, 0.15) is 46.0 Å². The zero-order valence-corrected chi connectivity index (χ0v) is 11.0. The molecule has 0 aromatic heterocycles. The van der Waals surface area contributed by atoms with Crippen LogP contribution in [-0.4, -0.2) is 38.5 Å². The zero-order chi connectivity index (χ0) is 11.8. The Hall–Kier alpha value is -0.120. The molecule has 16 heavy (non-hydrogen) atoms. The van der Waals surface area contributed by atoms with Gasteiger partial charge in [0.25, 0.3) is 0 Å². The van der Waals surface area contributed by atoms with Gasteiger partial charge in [-0.25, -0.2) is 0 Å². The van der Waals surface area contributed by atoms with Gasteiger partial charge in [-0.3, -0.25) is 0 Å². The molecule has 0 aromatic carbocycles. The maximum atomic E-state index is 5.51. The Morgan fingerprint density at radius 2 is 1.88 bits per heavy atom. The van der Waals surface area contributed by atoms with Crippen LogP contribution in [0, 0.1) is 0 Å². The predicted octanol–water partition coefficient (Wildman–Crippen LogP) is 2.35. The maximum absolute atomic E-state index is 5.51. The van der Waals surface area contributed by atoms with Gasteiger partial charge in [0, 0.05) is 19.8 Å². The van der Waals surface area contributed by atoms with Gasteiger partial charge in [-0.1, -0.05) is 0 Å². The molecule has 0 bridgehead atoms. The molecule has 1 N–H and O–H groups in total. The molecule has 1 rings (SSSR count). The minimum atomic E-state index is 0.358. The summed E-state index contributed by atoms with van der Waals surface area (Å²) in [7, 11) is 1.82. The van der Waals surface area contributed by atoms with Crippen molar-refractivity contribution in [3.05, 3.63) is 0 Å². The van der Waals surface area contributed by atoms with Crippen molar-refractivity contribution >= 4 is 0 Å². The number of nitrogens with one attached hydrogen (secondary N) is 1. The van der Waals surface area contributed by atoms with Crippen LogP contribution < -0.4 is 5.32 Å². The molecule has 0 amide bonds. The molecule has 0 aromatic rings. The first kappa shape index (κ1) is 13.9. The Bertz CT molecular complexity index is 165. The molecule has 0 radical (unpaired) electrons. The second-order valence-corrected chi connectivity index (χ2v) is 4.94.